The molecule has 0 radical (unpaired) electrons. The van der Waals surface area contributed by atoms with Crippen LogP contribution in [0.2, 0.25) is 0 Å². The molecule has 0 spiro atoms. The Morgan fingerprint density at radius 3 is 2.50 bits per heavy atom. The number of piperidine rings is 1. The number of benzene rings is 1. The van der Waals surface area contributed by atoms with Gasteiger partial charge in [-0.2, -0.15) is 0 Å². The fourth-order valence-electron chi connectivity index (χ4n) is 2.73. The van der Waals surface area contributed by atoms with E-state index in [0.29, 0.717) is 13.0 Å². The third-order valence-electron chi connectivity index (χ3n) is 4.11. The minimum Gasteiger partial charge on any atom is -0.343 e. The molecule has 4 nitrogen and oxygen atoms in total. The second-order valence-electron chi connectivity index (χ2n) is 5.80. The first-order valence-electron chi connectivity index (χ1n) is 7.81. The number of carbonyl (C=O) groups excluding carboxylic acids is 2. The van der Waals surface area contributed by atoms with Gasteiger partial charge < -0.3 is 9.80 Å². The smallest absolute Gasteiger partial charge is 0.224 e. The van der Waals surface area contributed by atoms with E-state index in [-0.39, 0.29) is 11.8 Å². The molecular formula is C17H23BrN2O2. The summed E-state index contributed by atoms with van der Waals surface area (Å²) in [4.78, 5) is 27.8. The molecule has 1 aliphatic heterocycles. The standard InChI is InChI=1S/C17H23BrN2O2/c1-13-6-7-15(12-16(13)18)20(14(2)21)11-8-17(22)19-9-4-3-5-10-19/h6-7,12H,3-5,8-11H2,1-2H3. The number of aryl methyl sites for hydroxylation is 1. The quantitative estimate of drug-likeness (QED) is 0.817. The summed E-state index contributed by atoms with van der Waals surface area (Å²) < 4.78 is 0.971. The van der Waals surface area contributed by atoms with E-state index in [1.54, 1.807) is 11.8 Å². The van der Waals surface area contributed by atoms with Crippen molar-refractivity contribution < 1.29 is 9.59 Å². The molecule has 0 atom stereocenters. The van der Waals surface area contributed by atoms with Crippen LogP contribution in [0.5, 0.6) is 0 Å². The Morgan fingerprint density at radius 2 is 1.91 bits per heavy atom. The van der Waals surface area contributed by atoms with Crippen LogP contribution in [-0.4, -0.2) is 36.3 Å². The third-order valence-corrected chi connectivity index (χ3v) is 4.96. The maximum absolute atomic E-state index is 12.3. The molecule has 1 aliphatic rings. The Labute approximate surface area is 140 Å². The Kier molecular flexibility index (Phi) is 6.00. The predicted molar refractivity (Wildman–Crippen MR) is 92.0 cm³/mol. The molecule has 1 aromatic carbocycles. The Balaban J connectivity index is 2.01. The summed E-state index contributed by atoms with van der Waals surface area (Å²) in [6, 6.07) is 5.83. The van der Waals surface area contributed by atoms with Crippen molar-refractivity contribution in [1.29, 1.82) is 0 Å². The SMILES string of the molecule is CC(=O)N(CCC(=O)N1CCCCC1)c1ccc(C)c(Br)c1. The van der Waals surface area contributed by atoms with Gasteiger partial charge in [-0.25, -0.2) is 0 Å². The van der Waals surface area contributed by atoms with Crippen LogP contribution in [0.15, 0.2) is 22.7 Å². The number of likely N-dealkylation sites (tertiary alicyclic amines) is 1. The average molecular weight is 367 g/mol. The van der Waals surface area contributed by atoms with Gasteiger partial charge in [0.2, 0.25) is 11.8 Å². The van der Waals surface area contributed by atoms with Crippen molar-refractivity contribution in [2.75, 3.05) is 24.5 Å². The highest BCUT2D eigenvalue weighted by Crippen LogP contribution is 2.24. The lowest BCUT2D eigenvalue weighted by Gasteiger charge is -2.28. The van der Waals surface area contributed by atoms with Crippen LogP contribution >= 0.6 is 15.9 Å². The molecule has 2 amide bonds. The van der Waals surface area contributed by atoms with Crippen molar-refractivity contribution in [3.05, 3.63) is 28.2 Å². The van der Waals surface area contributed by atoms with E-state index in [0.717, 1.165) is 41.7 Å². The Bertz CT molecular complexity index is 554. The maximum Gasteiger partial charge on any atom is 0.224 e. The van der Waals surface area contributed by atoms with Crippen molar-refractivity contribution in [3.63, 3.8) is 0 Å². The van der Waals surface area contributed by atoms with Crippen molar-refractivity contribution in [1.82, 2.24) is 4.90 Å². The summed E-state index contributed by atoms with van der Waals surface area (Å²) in [7, 11) is 0. The van der Waals surface area contributed by atoms with Crippen molar-refractivity contribution in [2.24, 2.45) is 0 Å². The second kappa shape index (κ2) is 7.77. The molecule has 1 heterocycles. The van der Waals surface area contributed by atoms with Crippen molar-refractivity contribution in [2.45, 2.75) is 39.5 Å². The number of anilines is 1. The molecule has 2 rings (SSSR count). The van der Waals surface area contributed by atoms with Crippen molar-refractivity contribution in [3.8, 4) is 0 Å². The van der Waals surface area contributed by atoms with Gasteiger partial charge in [0.25, 0.3) is 0 Å². The fourth-order valence-corrected chi connectivity index (χ4v) is 3.09. The van der Waals surface area contributed by atoms with Gasteiger partial charge in [-0.1, -0.05) is 22.0 Å². The highest BCUT2D eigenvalue weighted by atomic mass is 79.9. The lowest BCUT2D eigenvalue weighted by atomic mass is 10.1. The first-order valence-corrected chi connectivity index (χ1v) is 8.60. The number of hydrogen-bond acceptors (Lipinski definition) is 2. The molecule has 1 aromatic rings. The summed E-state index contributed by atoms with van der Waals surface area (Å²) in [6.45, 7) is 5.69. The number of amides is 2. The maximum atomic E-state index is 12.3. The zero-order valence-electron chi connectivity index (χ0n) is 13.3. The zero-order valence-corrected chi connectivity index (χ0v) is 14.9. The minimum absolute atomic E-state index is 0.0396. The van der Waals surface area contributed by atoms with Crippen LogP contribution in [0.4, 0.5) is 5.69 Å². The average Bonchev–Trinajstić information content (AvgIpc) is 2.51. The van der Waals surface area contributed by atoms with Gasteiger partial charge >= 0.3 is 0 Å². The monoisotopic (exact) mass is 366 g/mol. The van der Waals surface area contributed by atoms with Gasteiger partial charge in [-0.05, 0) is 43.9 Å². The van der Waals surface area contributed by atoms with E-state index in [2.05, 4.69) is 15.9 Å². The van der Waals surface area contributed by atoms with Crippen LogP contribution in [-0.2, 0) is 9.59 Å². The second-order valence-corrected chi connectivity index (χ2v) is 6.65. The number of hydrogen-bond donors (Lipinski definition) is 0. The Hall–Kier alpha value is -1.36. The van der Waals surface area contributed by atoms with Crippen LogP contribution in [0, 0.1) is 6.92 Å². The van der Waals surface area contributed by atoms with Gasteiger partial charge in [0, 0.05) is 43.1 Å². The van der Waals surface area contributed by atoms with E-state index in [1.165, 1.54) is 6.42 Å². The third kappa shape index (κ3) is 4.32. The van der Waals surface area contributed by atoms with E-state index >= 15 is 0 Å². The molecule has 1 fully saturated rings. The number of nitrogens with zero attached hydrogens (tertiary/aromatic N) is 2. The number of halogens is 1. The van der Waals surface area contributed by atoms with E-state index in [4.69, 9.17) is 0 Å². The molecule has 0 aromatic heterocycles. The summed E-state index contributed by atoms with van der Waals surface area (Å²) >= 11 is 3.49. The summed E-state index contributed by atoms with van der Waals surface area (Å²) in [5.41, 5.74) is 1.95. The van der Waals surface area contributed by atoms with Gasteiger partial charge in [-0.15, -0.1) is 0 Å². The van der Waals surface area contributed by atoms with E-state index < -0.39 is 0 Å². The minimum atomic E-state index is -0.0396. The van der Waals surface area contributed by atoms with Crippen LogP contribution < -0.4 is 4.90 Å². The summed E-state index contributed by atoms with van der Waals surface area (Å²) in [6.07, 6.45) is 3.77. The Morgan fingerprint density at radius 1 is 1.23 bits per heavy atom. The molecule has 0 N–H and O–H groups in total. The van der Waals surface area contributed by atoms with Crippen LogP contribution in [0.1, 0.15) is 38.2 Å². The van der Waals surface area contributed by atoms with E-state index in [9.17, 15) is 9.59 Å². The van der Waals surface area contributed by atoms with Gasteiger partial charge in [0.15, 0.2) is 0 Å². The molecule has 1 saturated heterocycles. The molecule has 0 bridgehead atoms. The van der Waals surface area contributed by atoms with Gasteiger partial charge in [-0.3, -0.25) is 9.59 Å². The molecular weight excluding hydrogens is 344 g/mol. The van der Waals surface area contributed by atoms with Gasteiger partial charge in [0.05, 0.1) is 0 Å². The lowest BCUT2D eigenvalue weighted by molar-refractivity contribution is -0.131. The highest BCUT2D eigenvalue weighted by molar-refractivity contribution is 9.10. The fraction of sp³-hybridized carbons (Fsp3) is 0.529. The normalized spacial score (nSPS) is 14.8. The molecule has 0 aliphatic carbocycles. The number of carbonyl (C=O) groups is 2. The van der Waals surface area contributed by atoms with E-state index in [1.807, 2.05) is 30.0 Å². The highest BCUT2D eigenvalue weighted by Gasteiger charge is 2.19. The lowest BCUT2D eigenvalue weighted by Crippen LogP contribution is -2.38. The van der Waals surface area contributed by atoms with Crippen molar-refractivity contribution >= 4 is 33.4 Å². The largest absolute Gasteiger partial charge is 0.343 e. The first-order chi connectivity index (χ1) is 10.5. The molecule has 22 heavy (non-hydrogen) atoms. The number of rotatable bonds is 4. The summed E-state index contributed by atoms with van der Waals surface area (Å²) in [5.74, 6) is 0.110. The molecule has 120 valence electrons. The topological polar surface area (TPSA) is 40.6 Å². The van der Waals surface area contributed by atoms with Gasteiger partial charge in [0.1, 0.15) is 0 Å². The predicted octanol–water partition coefficient (Wildman–Crippen LogP) is 3.51. The molecule has 0 unspecified atom stereocenters. The summed E-state index contributed by atoms with van der Waals surface area (Å²) in [5, 5.41) is 0. The van der Waals surface area contributed by atoms with Crippen LogP contribution in [0.3, 0.4) is 0 Å². The molecule has 5 heteroatoms. The first kappa shape index (κ1) is 17.0. The molecule has 0 saturated carbocycles. The zero-order chi connectivity index (χ0) is 16.1. The van der Waals surface area contributed by atoms with Crippen LogP contribution in [0.25, 0.3) is 0 Å².